The van der Waals surface area contributed by atoms with Crippen LogP contribution in [0.15, 0.2) is 36.4 Å². The monoisotopic (exact) mass is 242 g/mol. The van der Waals surface area contributed by atoms with Crippen LogP contribution in [0.3, 0.4) is 0 Å². The third kappa shape index (κ3) is 4.47. The Morgan fingerprint density at radius 2 is 1.94 bits per heavy atom. The second-order valence-electron chi connectivity index (χ2n) is 5.01. The lowest BCUT2D eigenvalue weighted by molar-refractivity contribution is -0.154. The van der Waals surface area contributed by atoms with Gasteiger partial charge in [0.05, 0.1) is 5.41 Å². The number of carbonyl (C=O) groups excluding carboxylic acids is 1. The van der Waals surface area contributed by atoms with Gasteiger partial charge in [-0.15, -0.1) is 6.42 Å². The van der Waals surface area contributed by atoms with Crippen molar-refractivity contribution in [3.63, 3.8) is 0 Å². The van der Waals surface area contributed by atoms with Crippen LogP contribution in [-0.2, 0) is 9.53 Å². The molecule has 0 aliphatic heterocycles. The molecule has 0 amide bonds. The van der Waals surface area contributed by atoms with Crippen LogP contribution in [0.2, 0.25) is 0 Å². The van der Waals surface area contributed by atoms with Gasteiger partial charge in [0, 0.05) is 0 Å². The molecule has 2 heteroatoms. The van der Waals surface area contributed by atoms with Gasteiger partial charge in [-0.2, -0.15) is 0 Å². The fourth-order valence-corrected chi connectivity index (χ4v) is 1.18. The van der Waals surface area contributed by atoms with E-state index in [-0.39, 0.29) is 5.97 Å². The Morgan fingerprint density at radius 3 is 2.44 bits per heavy atom. The molecule has 1 aromatic rings. The second kappa shape index (κ2) is 6.07. The van der Waals surface area contributed by atoms with E-state index in [9.17, 15) is 4.79 Å². The van der Waals surface area contributed by atoms with Crippen LogP contribution < -0.4 is 0 Å². The zero-order valence-corrected chi connectivity index (χ0v) is 11.0. The fraction of sp³-hybridized carbons (Fsp3) is 0.312. The summed E-state index contributed by atoms with van der Waals surface area (Å²) in [7, 11) is 0. The Labute approximate surface area is 109 Å². The molecule has 1 rings (SSSR count). The maximum Gasteiger partial charge on any atom is 0.312 e. The lowest BCUT2D eigenvalue weighted by atomic mass is 9.97. The molecule has 0 spiro atoms. The van der Waals surface area contributed by atoms with Gasteiger partial charge in [0.1, 0.15) is 0 Å². The van der Waals surface area contributed by atoms with E-state index in [0.717, 1.165) is 5.56 Å². The minimum atomic E-state index is -0.628. The number of carbonyl (C=O) groups is 1. The van der Waals surface area contributed by atoms with Gasteiger partial charge < -0.3 is 4.74 Å². The zero-order chi connectivity index (χ0) is 13.6. The first-order valence-electron chi connectivity index (χ1n) is 5.84. The van der Waals surface area contributed by atoms with Gasteiger partial charge >= 0.3 is 5.97 Å². The summed E-state index contributed by atoms with van der Waals surface area (Å²) in [6.45, 7) is 5.39. The molecule has 0 aromatic heterocycles. The van der Waals surface area contributed by atoms with Gasteiger partial charge in [-0.3, -0.25) is 4.79 Å². The molecular formula is C16H18O2. The SMILES string of the molecule is C#CC(/C=C/c1ccccc1)OC(=O)C(C)(C)C. The number of terminal acetylenes is 1. The van der Waals surface area contributed by atoms with Gasteiger partial charge in [-0.05, 0) is 32.4 Å². The Bertz CT molecular complexity index is 458. The highest BCUT2D eigenvalue weighted by atomic mass is 16.5. The Kier molecular flexibility index (Phi) is 4.74. The number of rotatable bonds is 3. The molecular weight excluding hydrogens is 224 g/mol. The summed E-state index contributed by atoms with van der Waals surface area (Å²) in [4.78, 5) is 11.7. The van der Waals surface area contributed by atoms with Crippen molar-refractivity contribution < 1.29 is 9.53 Å². The van der Waals surface area contributed by atoms with Gasteiger partial charge in [0.2, 0.25) is 0 Å². The Morgan fingerprint density at radius 1 is 1.33 bits per heavy atom. The molecule has 0 radical (unpaired) electrons. The van der Waals surface area contributed by atoms with Crippen LogP contribution in [0.4, 0.5) is 0 Å². The van der Waals surface area contributed by atoms with Crippen LogP contribution in [0.5, 0.6) is 0 Å². The van der Waals surface area contributed by atoms with E-state index in [1.54, 1.807) is 26.8 Å². The molecule has 1 aromatic carbocycles. The molecule has 0 aliphatic carbocycles. The molecule has 0 heterocycles. The molecule has 94 valence electrons. The average Bonchev–Trinajstić information content (AvgIpc) is 2.34. The van der Waals surface area contributed by atoms with Gasteiger partial charge in [-0.1, -0.05) is 42.3 Å². The number of esters is 1. The topological polar surface area (TPSA) is 26.3 Å². The molecule has 0 fully saturated rings. The van der Waals surface area contributed by atoms with E-state index in [2.05, 4.69) is 5.92 Å². The van der Waals surface area contributed by atoms with Crippen molar-refractivity contribution in [2.75, 3.05) is 0 Å². The maximum atomic E-state index is 11.7. The summed E-state index contributed by atoms with van der Waals surface area (Å²) in [6, 6.07) is 9.72. The van der Waals surface area contributed by atoms with Crippen LogP contribution >= 0.6 is 0 Å². The summed E-state index contributed by atoms with van der Waals surface area (Å²) in [5.74, 6) is 2.14. The highest BCUT2D eigenvalue weighted by Crippen LogP contribution is 2.16. The van der Waals surface area contributed by atoms with E-state index >= 15 is 0 Å². The first-order chi connectivity index (χ1) is 8.43. The summed E-state index contributed by atoms with van der Waals surface area (Å²) in [5, 5.41) is 0. The molecule has 2 nitrogen and oxygen atoms in total. The maximum absolute atomic E-state index is 11.7. The van der Waals surface area contributed by atoms with E-state index in [1.807, 2.05) is 36.4 Å². The predicted octanol–water partition coefficient (Wildman–Crippen LogP) is 3.29. The third-order valence-corrected chi connectivity index (χ3v) is 2.27. The van der Waals surface area contributed by atoms with Gasteiger partial charge in [-0.25, -0.2) is 0 Å². The summed E-state index contributed by atoms with van der Waals surface area (Å²) < 4.78 is 5.22. The minimum absolute atomic E-state index is 0.303. The molecule has 0 N–H and O–H groups in total. The molecule has 1 unspecified atom stereocenters. The highest BCUT2D eigenvalue weighted by molar-refractivity contribution is 5.76. The van der Waals surface area contributed by atoms with E-state index in [0.29, 0.717) is 0 Å². The van der Waals surface area contributed by atoms with E-state index in [4.69, 9.17) is 11.2 Å². The minimum Gasteiger partial charge on any atom is -0.444 e. The first-order valence-corrected chi connectivity index (χ1v) is 5.84. The van der Waals surface area contributed by atoms with E-state index < -0.39 is 11.5 Å². The van der Waals surface area contributed by atoms with Crippen molar-refractivity contribution in [1.82, 2.24) is 0 Å². The van der Waals surface area contributed by atoms with Crippen molar-refractivity contribution in [3.8, 4) is 12.3 Å². The number of benzene rings is 1. The summed E-state index contributed by atoms with van der Waals surface area (Å²) in [6.07, 6.45) is 8.28. The zero-order valence-electron chi connectivity index (χ0n) is 11.0. The van der Waals surface area contributed by atoms with Crippen LogP contribution in [0, 0.1) is 17.8 Å². The summed E-state index contributed by atoms with van der Waals surface area (Å²) in [5.41, 5.74) is 0.472. The smallest absolute Gasteiger partial charge is 0.312 e. The molecule has 1 atom stereocenters. The second-order valence-corrected chi connectivity index (χ2v) is 5.01. The van der Waals surface area contributed by atoms with Gasteiger partial charge in [0.25, 0.3) is 0 Å². The molecule has 18 heavy (non-hydrogen) atoms. The van der Waals surface area contributed by atoms with Crippen molar-refractivity contribution in [1.29, 1.82) is 0 Å². The average molecular weight is 242 g/mol. The third-order valence-electron chi connectivity index (χ3n) is 2.27. The highest BCUT2D eigenvalue weighted by Gasteiger charge is 2.24. The summed E-state index contributed by atoms with van der Waals surface area (Å²) >= 11 is 0. The molecule has 0 aliphatic rings. The normalized spacial score (nSPS) is 13.0. The molecule has 0 bridgehead atoms. The number of hydrogen-bond acceptors (Lipinski definition) is 2. The number of ether oxygens (including phenoxy) is 1. The Balaban J connectivity index is 2.67. The molecule has 0 saturated heterocycles. The standard InChI is InChI=1S/C16H18O2/c1-5-14(18-15(17)16(2,3)4)12-11-13-9-7-6-8-10-13/h1,6-12,14H,2-4H3/b12-11+. The number of hydrogen-bond donors (Lipinski definition) is 0. The predicted molar refractivity (Wildman–Crippen MR) is 73.6 cm³/mol. The lowest BCUT2D eigenvalue weighted by Gasteiger charge is -2.18. The van der Waals surface area contributed by atoms with Crippen molar-refractivity contribution in [2.24, 2.45) is 5.41 Å². The van der Waals surface area contributed by atoms with Crippen LogP contribution in [0.25, 0.3) is 6.08 Å². The van der Waals surface area contributed by atoms with Crippen LogP contribution in [0.1, 0.15) is 26.3 Å². The van der Waals surface area contributed by atoms with Crippen LogP contribution in [-0.4, -0.2) is 12.1 Å². The van der Waals surface area contributed by atoms with E-state index in [1.165, 1.54) is 0 Å². The molecule has 0 saturated carbocycles. The Hall–Kier alpha value is -2.01. The quantitative estimate of drug-likeness (QED) is 0.600. The fourth-order valence-electron chi connectivity index (χ4n) is 1.18. The first kappa shape index (κ1) is 14.1. The lowest BCUT2D eigenvalue weighted by Crippen LogP contribution is -2.26. The van der Waals surface area contributed by atoms with Crippen molar-refractivity contribution in [3.05, 3.63) is 42.0 Å². The van der Waals surface area contributed by atoms with Crippen molar-refractivity contribution >= 4 is 12.0 Å². The largest absolute Gasteiger partial charge is 0.444 e. The van der Waals surface area contributed by atoms with Gasteiger partial charge in [0.15, 0.2) is 6.10 Å². The van der Waals surface area contributed by atoms with Crippen molar-refractivity contribution in [2.45, 2.75) is 26.9 Å².